The van der Waals surface area contributed by atoms with Crippen LogP contribution in [0, 0.1) is 0 Å². The molecule has 3 N–H and O–H groups in total. The minimum atomic E-state index is -0.981. The number of hydrogen-bond donors (Lipinski definition) is 2. The van der Waals surface area contributed by atoms with E-state index in [0.29, 0.717) is 0 Å². The lowest BCUT2D eigenvalue weighted by Gasteiger charge is -2.11. The van der Waals surface area contributed by atoms with Crippen molar-refractivity contribution in [2.24, 2.45) is 0 Å². The molecule has 0 saturated heterocycles. The molecular weight excluding hydrogens is 192 g/mol. The molecule has 0 fully saturated rings. The maximum atomic E-state index is 9.25. The number of nitrogens with two attached hydrogens (primary N) is 1. The summed E-state index contributed by atoms with van der Waals surface area (Å²) in [6.07, 6.45) is 0.833. The van der Waals surface area contributed by atoms with Crippen molar-refractivity contribution >= 4 is 17.3 Å². The van der Waals surface area contributed by atoms with Crippen LogP contribution in [-0.4, -0.2) is 25.2 Å². The fourth-order valence-electron chi connectivity index (χ4n) is 0.772. The average Bonchev–Trinajstić information content (AvgIpc) is 2.19. The van der Waals surface area contributed by atoms with Crippen LogP contribution in [-0.2, 0) is 4.79 Å². The van der Waals surface area contributed by atoms with E-state index in [9.17, 15) is 4.79 Å². The molecule has 4 heteroatoms. The first-order valence-electron chi connectivity index (χ1n) is 4.35. The molecular formula is C11H16N2O2. The molecule has 0 saturated carbocycles. The normalized spacial score (nSPS) is 8.40. The van der Waals surface area contributed by atoms with Crippen LogP contribution in [0.25, 0.3) is 0 Å². The smallest absolute Gasteiger partial charge is 0.327 e. The third-order valence-corrected chi connectivity index (χ3v) is 1.58. The first kappa shape index (κ1) is 13.0. The van der Waals surface area contributed by atoms with Gasteiger partial charge in [-0.25, -0.2) is 4.79 Å². The van der Waals surface area contributed by atoms with Gasteiger partial charge in [0.2, 0.25) is 0 Å². The van der Waals surface area contributed by atoms with E-state index in [4.69, 9.17) is 10.8 Å². The number of benzene rings is 1. The quantitative estimate of drug-likeness (QED) is 0.572. The van der Waals surface area contributed by atoms with E-state index in [0.717, 1.165) is 11.8 Å². The molecule has 0 amide bonds. The van der Waals surface area contributed by atoms with Crippen LogP contribution in [0.5, 0.6) is 0 Å². The van der Waals surface area contributed by atoms with Gasteiger partial charge >= 0.3 is 5.97 Å². The van der Waals surface area contributed by atoms with Crippen molar-refractivity contribution in [3.8, 4) is 0 Å². The molecule has 0 unspecified atom stereocenters. The number of anilines is 2. The zero-order valence-electron chi connectivity index (χ0n) is 8.97. The molecule has 4 nitrogen and oxygen atoms in total. The first-order chi connectivity index (χ1) is 6.97. The molecule has 1 aromatic carbocycles. The van der Waals surface area contributed by atoms with Gasteiger partial charge < -0.3 is 15.7 Å². The third-order valence-electron chi connectivity index (χ3n) is 1.58. The van der Waals surface area contributed by atoms with Gasteiger partial charge in [0.1, 0.15) is 0 Å². The van der Waals surface area contributed by atoms with E-state index in [2.05, 4.69) is 6.58 Å². The number of aliphatic carboxylic acids is 1. The van der Waals surface area contributed by atoms with E-state index in [1.165, 1.54) is 5.69 Å². The highest BCUT2D eigenvalue weighted by Crippen LogP contribution is 2.12. The van der Waals surface area contributed by atoms with Gasteiger partial charge in [-0.1, -0.05) is 6.58 Å². The molecule has 1 aromatic rings. The fourth-order valence-corrected chi connectivity index (χ4v) is 0.772. The summed E-state index contributed by atoms with van der Waals surface area (Å²) in [6, 6.07) is 7.79. The topological polar surface area (TPSA) is 66.6 Å². The Kier molecular flexibility index (Phi) is 5.63. The Bertz CT molecular complexity index is 318. The molecule has 0 atom stereocenters. The Hall–Kier alpha value is -1.97. The molecule has 0 aliphatic rings. The number of hydrogen-bond acceptors (Lipinski definition) is 3. The summed E-state index contributed by atoms with van der Waals surface area (Å²) in [4.78, 5) is 11.3. The zero-order chi connectivity index (χ0) is 11.8. The predicted octanol–water partition coefficient (Wildman–Crippen LogP) is 1.59. The van der Waals surface area contributed by atoms with Crippen molar-refractivity contribution < 1.29 is 9.90 Å². The fraction of sp³-hybridized carbons (Fsp3) is 0.182. The Balaban J connectivity index is 0.000000336. The second-order valence-corrected chi connectivity index (χ2v) is 3.03. The summed E-state index contributed by atoms with van der Waals surface area (Å²) in [6.45, 7) is 2.96. The van der Waals surface area contributed by atoms with Crippen LogP contribution in [0.3, 0.4) is 0 Å². The van der Waals surface area contributed by atoms with Crippen molar-refractivity contribution in [1.29, 1.82) is 0 Å². The number of carboxylic acid groups (broad SMARTS) is 1. The Morgan fingerprint density at radius 3 is 2.07 bits per heavy atom. The van der Waals surface area contributed by atoms with Gasteiger partial charge in [-0.15, -0.1) is 0 Å². The monoisotopic (exact) mass is 208 g/mol. The highest BCUT2D eigenvalue weighted by atomic mass is 16.4. The summed E-state index contributed by atoms with van der Waals surface area (Å²) >= 11 is 0. The highest BCUT2D eigenvalue weighted by Gasteiger charge is 1.91. The minimum Gasteiger partial charge on any atom is -0.478 e. The standard InChI is InChI=1S/C8H12N2.C3H4O2/c1-10(2)8-5-3-7(9)4-6-8;1-2-3(4)5/h3-6H,9H2,1-2H3;2H,1H2,(H,4,5). The number of carbonyl (C=O) groups is 1. The SMILES string of the molecule is C=CC(=O)O.CN(C)c1ccc(N)cc1. The minimum absolute atomic E-state index is 0.811. The summed E-state index contributed by atoms with van der Waals surface area (Å²) in [5.41, 5.74) is 7.49. The lowest BCUT2D eigenvalue weighted by Crippen LogP contribution is -2.08. The highest BCUT2D eigenvalue weighted by molar-refractivity contribution is 5.78. The van der Waals surface area contributed by atoms with Gasteiger partial charge in [0, 0.05) is 31.5 Å². The van der Waals surface area contributed by atoms with E-state index in [1.54, 1.807) is 0 Å². The van der Waals surface area contributed by atoms with Crippen LogP contribution in [0.15, 0.2) is 36.9 Å². The molecule has 0 bridgehead atoms. The lowest BCUT2D eigenvalue weighted by molar-refractivity contribution is -0.131. The number of nitrogen functional groups attached to an aromatic ring is 1. The van der Waals surface area contributed by atoms with Crippen molar-refractivity contribution in [3.63, 3.8) is 0 Å². The Labute approximate surface area is 89.6 Å². The van der Waals surface area contributed by atoms with Crippen LogP contribution in [0.4, 0.5) is 11.4 Å². The largest absolute Gasteiger partial charge is 0.478 e. The van der Waals surface area contributed by atoms with Crippen molar-refractivity contribution in [3.05, 3.63) is 36.9 Å². The second kappa shape index (κ2) is 6.48. The molecule has 0 heterocycles. The summed E-state index contributed by atoms with van der Waals surface area (Å²) in [5, 5.41) is 7.60. The number of carboxylic acids is 1. The third kappa shape index (κ3) is 6.15. The van der Waals surface area contributed by atoms with Crippen LogP contribution < -0.4 is 10.6 Å². The van der Waals surface area contributed by atoms with Crippen molar-refractivity contribution in [1.82, 2.24) is 0 Å². The molecule has 0 spiro atoms. The second-order valence-electron chi connectivity index (χ2n) is 3.03. The molecule has 82 valence electrons. The van der Waals surface area contributed by atoms with Crippen LogP contribution >= 0.6 is 0 Å². The maximum Gasteiger partial charge on any atom is 0.327 e. The zero-order valence-corrected chi connectivity index (χ0v) is 8.97. The van der Waals surface area contributed by atoms with E-state index < -0.39 is 5.97 Å². The first-order valence-corrected chi connectivity index (χ1v) is 4.35. The van der Waals surface area contributed by atoms with Crippen LogP contribution in [0.2, 0.25) is 0 Å². The molecule has 1 rings (SSSR count). The summed E-state index contributed by atoms with van der Waals surface area (Å²) in [7, 11) is 4.01. The van der Waals surface area contributed by atoms with Gasteiger partial charge in [0.15, 0.2) is 0 Å². The molecule has 0 aromatic heterocycles. The summed E-state index contributed by atoms with van der Waals surface area (Å²) < 4.78 is 0. The summed E-state index contributed by atoms with van der Waals surface area (Å²) in [5.74, 6) is -0.981. The molecule has 15 heavy (non-hydrogen) atoms. The molecule has 0 aliphatic carbocycles. The van der Waals surface area contributed by atoms with E-state index in [1.807, 2.05) is 43.3 Å². The predicted molar refractivity (Wildman–Crippen MR) is 63.0 cm³/mol. The number of nitrogens with zero attached hydrogens (tertiary/aromatic N) is 1. The lowest BCUT2D eigenvalue weighted by atomic mass is 10.3. The van der Waals surface area contributed by atoms with Crippen LogP contribution in [0.1, 0.15) is 0 Å². The molecule has 0 aliphatic heterocycles. The Morgan fingerprint density at radius 2 is 1.80 bits per heavy atom. The van der Waals surface area contributed by atoms with Gasteiger partial charge in [0.05, 0.1) is 0 Å². The van der Waals surface area contributed by atoms with Gasteiger partial charge in [-0.3, -0.25) is 0 Å². The van der Waals surface area contributed by atoms with Crippen molar-refractivity contribution in [2.45, 2.75) is 0 Å². The average molecular weight is 208 g/mol. The maximum absolute atomic E-state index is 9.25. The van der Waals surface area contributed by atoms with E-state index >= 15 is 0 Å². The molecule has 0 radical (unpaired) electrons. The van der Waals surface area contributed by atoms with Gasteiger partial charge in [-0.2, -0.15) is 0 Å². The Morgan fingerprint density at radius 1 is 1.40 bits per heavy atom. The van der Waals surface area contributed by atoms with Gasteiger partial charge in [0.25, 0.3) is 0 Å². The van der Waals surface area contributed by atoms with Crippen molar-refractivity contribution in [2.75, 3.05) is 24.7 Å². The van der Waals surface area contributed by atoms with E-state index in [-0.39, 0.29) is 0 Å². The van der Waals surface area contributed by atoms with Gasteiger partial charge in [-0.05, 0) is 24.3 Å². The number of rotatable bonds is 2.